The maximum atomic E-state index is 13.3. The van der Waals surface area contributed by atoms with Gasteiger partial charge in [0.25, 0.3) is 5.91 Å². The SMILES string of the molecule is O=C(c1ccc2ncccc2c1)N1CCCC2(COCCN(c3cccnc3)C2)C1. The first kappa shape index (κ1) is 19.0. The summed E-state index contributed by atoms with van der Waals surface area (Å²) in [6.07, 6.45) is 7.54. The lowest BCUT2D eigenvalue weighted by Crippen LogP contribution is -2.52. The first-order chi connectivity index (χ1) is 14.7. The number of aromatic nitrogens is 2. The van der Waals surface area contributed by atoms with Gasteiger partial charge in [-0.3, -0.25) is 14.8 Å². The van der Waals surface area contributed by atoms with Crippen LogP contribution in [-0.2, 0) is 4.74 Å². The van der Waals surface area contributed by atoms with Gasteiger partial charge in [0.05, 0.1) is 30.6 Å². The monoisotopic (exact) mass is 402 g/mol. The lowest BCUT2D eigenvalue weighted by atomic mass is 9.79. The quantitative estimate of drug-likeness (QED) is 0.658. The molecule has 3 aromatic rings. The van der Waals surface area contributed by atoms with Crippen LogP contribution >= 0.6 is 0 Å². The number of amides is 1. The van der Waals surface area contributed by atoms with Crippen molar-refractivity contribution >= 4 is 22.5 Å². The summed E-state index contributed by atoms with van der Waals surface area (Å²) < 4.78 is 6.02. The van der Waals surface area contributed by atoms with Gasteiger partial charge in [-0.05, 0) is 49.2 Å². The first-order valence-electron chi connectivity index (χ1n) is 10.6. The molecule has 4 heterocycles. The van der Waals surface area contributed by atoms with Gasteiger partial charge in [0.2, 0.25) is 0 Å². The predicted molar refractivity (Wildman–Crippen MR) is 117 cm³/mol. The molecule has 6 heteroatoms. The number of carbonyl (C=O) groups is 1. The van der Waals surface area contributed by atoms with E-state index in [-0.39, 0.29) is 11.3 Å². The van der Waals surface area contributed by atoms with E-state index < -0.39 is 0 Å². The second-order valence-corrected chi connectivity index (χ2v) is 8.43. The molecule has 2 aromatic heterocycles. The van der Waals surface area contributed by atoms with Crippen molar-refractivity contribution in [2.45, 2.75) is 12.8 Å². The van der Waals surface area contributed by atoms with Gasteiger partial charge in [0, 0.05) is 54.9 Å². The number of fused-ring (bicyclic) bond motifs is 1. The Labute approximate surface area is 176 Å². The van der Waals surface area contributed by atoms with Crippen molar-refractivity contribution in [2.24, 2.45) is 5.41 Å². The smallest absolute Gasteiger partial charge is 0.253 e. The molecule has 30 heavy (non-hydrogen) atoms. The van der Waals surface area contributed by atoms with E-state index in [1.807, 2.05) is 47.5 Å². The Morgan fingerprint density at radius 1 is 1.07 bits per heavy atom. The molecule has 0 N–H and O–H groups in total. The number of piperidine rings is 1. The summed E-state index contributed by atoms with van der Waals surface area (Å²) in [5, 5.41) is 0.996. The summed E-state index contributed by atoms with van der Waals surface area (Å²) >= 11 is 0. The zero-order chi connectivity index (χ0) is 20.4. The van der Waals surface area contributed by atoms with Crippen LogP contribution in [0.2, 0.25) is 0 Å². The topological polar surface area (TPSA) is 58.6 Å². The van der Waals surface area contributed by atoms with Gasteiger partial charge in [-0.25, -0.2) is 0 Å². The molecule has 154 valence electrons. The maximum absolute atomic E-state index is 13.3. The van der Waals surface area contributed by atoms with E-state index in [4.69, 9.17) is 4.74 Å². The van der Waals surface area contributed by atoms with E-state index in [0.29, 0.717) is 19.8 Å². The number of rotatable bonds is 2. The lowest BCUT2D eigenvalue weighted by Gasteiger charge is -2.44. The Kier molecular flexibility index (Phi) is 5.09. The third kappa shape index (κ3) is 3.75. The second kappa shape index (κ2) is 8.03. The van der Waals surface area contributed by atoms with Crippen molar-refractivity contribution in [1.82, 2.24) is 14.9 Å². The molecule has 0 radical (unpaired) electrons. The van der Waals surface area contributed by atoms with Crippen molar-refractivity contribution in [3.05, 3.63) is 66.6 Å². The lowest BCUT2D eigenvalue weighted by molar-refractivity contribution is 0.0135. The fourth-order valence-corrected chi connectivity index (χ4v) is 4.77. The van der Waals surface area contributed by atoms with Gasteiger partial charge in [-0.2, -0.15) is 0 Å². The van der Waals surface area contributed by atoms with E-state index in [0.717, 1.165) is 54.6 Å². The van der Waals surface area contributed by atoms with E-state index >= 15 is 0 Å². The average Bonchev–Trinajstić information content (AvgIpc) is 3.01. The van der Waals surface area contributed by atoms with Gasteiger partial charge in [0.15, 0.2) is 0 Å². The van der Waals surface area contributed by atoms with Crippen LogP contribution in [0.4, 0.5) is 5.69 Å². The third-order valence-corrected chi connectivity index (χ3v) is 6.25. The number of ether oxygens (including phenoxy) is 1. The summed E-state index contributed by atoms with van der Waals surface area (Å²) in [7, 11) is 0. The average molecular weight is 402 g/mol. The van der Waals surface area contributed by atoms with Crippen molar-refractivity contribution < 1.29 is 9.53 Å². The molecule has 1 unspecified atom stereocenters. The van der Waals surface area contributed by atoms with E-state index in [1.54, 1.807) is 12.4 Å². The highest BCUT2D eigenvalue weighted by molar-refractivity contribution is 5.98. The van der Waals surface area contributed by atoms with Gasteiger partial charge in [-0.1, -0.05) is 6.07 Å². The Balaban J connectivity index is 1.38. The van der Waals surface area contributed by atoms with Crippen LogP contribution in [0.5, 0.6) is 0 Å². The Bertz CT molecular complexity index is 1040. The summed E-state index contributed by atoms with van der Waals surface area (Å²) in [6, 6.07) is 13.8. The van der Waals surface area contributed by atoms with Gasteiger partial charge >= 0.3 is 0 Å². The van der Waals surface area contributed by atoms with Gasteiger partial charge < -0.3 is 14.5 Å². The summed E-state index contributed by atoms with van der Waals surface area (Å²) in [5.74, 6) is 0.0944. The highest BCUT2D eigenvalue weighted by Crippen LogP contribution is 2.35. The molecular formula is C24H26N4O2. The minimum atomic E-state index is -0.0569. The van der Waals surface area contributed by atoms with Crippen LogP contribution in [0.3, 0.4) is 0 Å². The first-order valence-corrected chi connectivity index (χ1v) is 10.6. The molecule has 1 atom stereocenters. The molecular weight excluding hydrogens is 376 g/mol. The molecule has 2 aliphatic rings. The summed E-state index contributed by atoms with van der Waals surface area (Å²) in [6.45, 7) is 4.62. The molecule has 0 aliphatic carbocycles. The van der Waals surface area contributed by atoms with Gasteiger partial charge in [-0.15, -0.1) is 0 Å². The number of pyridine rings is 2. The zero-order valence-corrected chi connectivity index (χ0v) is 17.0. The molecule has 5 rings (SSSR count). The second-order valence-electron chi connectivity index (χ2n) is 8.43. The third-order valence-electron chi connectivity index (χ3n) is 6.25. The number of likely N-dealkylation sites (tertiary alicyclic amines) is 1. The minimum Gasteiger partial charge on any atom is -0.379 e. The molecule has 2 saturated heterocycles. The highest BCUT2D eigenvalue weighted by Gasteiger charge is 2.40. The normalized spacial score (nSPS) is 22.3. The molecule has 2 fully saturated rings. The summed E-state index contributed by atoms with van der Waals surface area (Å²) in [5.41, 5.74) is 2.70. The number of anilines is 1. The van der Waals surface area contributed by atoms with Crippen molar-refractivity contribution in [3.63, 3.8) is 0 Å². The van der Waals surface area contributed by atoms with E-state index in [2.05, 4.69) is 20.9 Å². The van der Waals surface area contributed by atoms with Crippen molar-refractivity contribution in [1.29, 1.82) is 0 Å². The molecule has 1 aromatic carbocycles. The standard InChI is InChI=1S/C24H26N4O2/c29-23(20-6-7-22-19(14-20)4-1-10-26-22)28-11-3-8-24(17-28)16-27(12-13-30-18-24)21-5-2-9-25-15-21/h1-2,4-7,9-10,14-15H,3,8,11-13,16-18H2. The van der Waals surface area contributed by atoms with Gasteiger partial charge in [0.1, 0.15) is 0 Å². The van der Waals surface area contributed by atoms with E-state index in [1.165, 1.54) is 0 Å². The molecule has 2 aliphatic heterocycles. The molecule has 0 bridgehead atoms. The Morgan fingerprint density at radius 2 is 2.00 bits per heavy atom. The summed E-state index contributed by atoms with van der Waals surface area (Å²) in [4.78, 5) is 26.4. The van der Waals surface area contributed by atoms with Crippen LogP contribution < -0.4 is 4.90 Å². The maximum Gasteiger partial charge on any atom is 0.253 e. The number of hydrogen-bond donors (Lipinski definition) is 0. The Morgan fingerprint density at radius 3 is 2.90 bits per heavy atom. The van der Waals surface area contributed by atoms with Crippen LogP contribution in [0.1, 0.15) is 23.2 Å². The molecule has 1 spiro atoms. The van der Waals surface area contributed by atoms with E-state index in [9.17, 15) is 4.79 Å². The van der Waals surface area contributed by atoms with Crippen LogP contribution in [0.15, 0.2) is 61.1 Å². The number of nitrogens with zero attached hydrogens (tertiary/aromatic N) is 4. The number of hydrogen-bond acceptors (Lipinski definition) is 5. The van der Waals surface area contributed by atoms with Crippen molar-refractivity contribution in [2.75, 3.05) is 44.3 Å². The molecule has 1 amide bonds. The van der Waals surface area contributed by atoms with Crippen LogP contribution in [0.25, 0.3) is 10.9 Å². The van der Waals surface area contributed by atoms with Crippen molar-refractivity contribution in [3.8, 4) is 0 Å². The number of benzene rings is 1. The fraction of sp³-hybridized carbons (Fsp3) is 0.375. The van der Waals surface area contributed by atoms with Crippen LogP contribution in [0, 0.1) is 5.41 Å². The van der Waals surface area contributed by atoms with Crippen LogP contribution in [-0.4, -0.2) is 60.2 Å². The number of carbonyl (C=O) groups excluding carboxylic acids is 1. The zero-order valence-electron chi connectivity index (χ0n) is 17.0. The predicted octanol–water partition coefficient (Wildman–Crippen LogP) is 3.39. The largest absolute Gasteiger partial charge is 0.379 e. The Hall–Kier alpha value is -2.99. The minimum absolute atomic E-state index is 0.0569. The highest BCUT2D eigenvalue weighted by atomic mass is 16.5. The molecule has 0 saturated carbocycles. The fourth-order valence-electron chi connectivity index (χ4n) is 4.77. The molecule has 6 nitrogen and oxygen atoms in total.